The Kier molecular flexibility index (Phi) is 7.63. The van der Waals surface area contributed by atoms with Crippen molar-refractivity contribution >= 4 is 45.5 Å². The van der Waals surface area contributed by atoms with Gasteiger partial charge in [0.05, 0.1) is 20.6 Å². The summed E-state index contributed by atoms with van der Waals surface area (Å²) < 4.78 is 60.4. The number of nitrogens with one attached hydrogen (secondary N) is 1. The molecule has 0 heterocycles. The van der Waals surface area contributed by atoms with Crippen LogP contribution in [0, 0.1) is 5.82 Å². The van der Waals surface area contributed by atoms with Crippen LogP contribution in [0.1, 0.15) is 21.5 Å². The minimum atomic E-state index is -5.07. The number of carbonyl (C=O) groups is 2. The molecule has 0 fully saturated rings. The van der Waals surface area contributed by atoms with Crippen LogP contribution in [-0.4, -0.2) is 17.0 Å². The van der Waals surface area contributed by atoms with E-state index in [2.05, 4.69) is 15.9 Å². The third-order valence-electron chi connectivity index (χ3n) is 4.36. The number of aliphatic carboxylic acids is 1. The number of para-hydroxylation sites is 1. The standard InChI is InChI=1S/C23H13BrClF4NO4/c24-15-3-1-2-4-18(15)34-13-7-5-12(6-8-13)11-17(22(32)33)30-21(31)19-14(23(27,28)29)9-10-16(25)20(19)26/h1-11H,(H,30,31)(H,32,33)/b17-11-. The van der Waals surface area contributed by atoms with Gasteiger partial charge in [0.1, 0.15) is 17.2 Å². The van der Waals surface area contributed by atoms with Gasteiger partial charge in [-0.05, 0) is 64.0 Å². The maximum atomic E-state index is 14.3. The Morgan fingerprint density at radius 1 is 1.03 bits per heavy atom. The lowest BCUT2D eigenvalue weighted by Crippen LogP contribution is -2.30. The molecule has 0 atom stereocenters. The van der Waals surface area contributed by atoms with E-state index < -0.39 is 45.7 Å². The van der Waals surface area contributed by atoms with Gasteiger partial charge in [-0.15, -0.1) is 0 Å². The quantitative estimate of drug-likeness (QED) is 0.255. The van der Waals surface area contributed by atoms with Crippen LogP contribution in [0.15, 0.2) is 70.8 Å². The van der Waals surface area contributed by atoms with Crippen molar-refractivity contribution < 1.29 is 37.0 Å². The highest BCUT2D eigenvalue weighted by Gasteiger charge is 2.38. The van der Waals surface area contributed by atoms with Gasteiger partial charge in [0.2, 0.25) is 0 Å². The molecule has 0 saturated heterocycles. The first-order chi connectivity index (χ1) is 16.0. The average molecular weight is 559 g/mol. The molecule has 5 nitrogen and oxygen atoms in total. The minimum absolute atomic E-state index is 0.278. The summed E-state index contributed by atoms with van der Waals surface area (Å²) in [6.45, 7) is 0. The summed E-state index contributed by atoms with van der Waals surface area (Å²) in [6, 6.07) is 14.1. The van der Waals surface area contributed by atoms with Crippen LogP contribution < -0.4 is 10.1 Å². The van der Waals surface area contributed by atoms with Crippen LogP contribution >= 0.6 is 27.5 Å². The van der Waals surface area contributed by atoms with Crippen LogP contribution in [0.5, 0.6) is 11.5 Å². The van der Waals surface area contributed by atoms with E-state index in [-0.39, 0.29) is 5.56 Å². The molecule has 3 aromatic rings. The molecule has 2 N–H and O–H groups in total. The first kappa shape index (κ1) is 25.3. The van der Waals surface area contributed by atoms with Crippen molar-refractivity contribution in [3.05, 3.63) is 98.4 Å². The van der Waals surface area contributed by atoms with Gasteiger partial charge in [-0.2, -0.15) is 13.2 Å². The third kappa shape index (κ3) is 5.95. The maximum absolute atomic E-state index is 14.3. The smallest absolute Gasteiger partial charge is 0.417 e. The van der Waals surface area contributed by atoms with Gasteiger partial charge in [0.15, 0.2) is 5.82 Å². The predicted molar refractivity (Wildman–Crippen MR) is 120 cm³/mol. The number of carboxylic acids is 1. The number of amides is 1. The number of benzene rings is 3. The molecule has 3 aromatic carbocycles. The monoisotopic (exact) mass is 557 g/mol. The first-order valence-corrected chi connectivity index (χ1v) is 10.5. The molecule has 176 valence electrons. The summed E-state index contributed by atoms with van der Waals surface area (Å²) in [5.41, 5.74) is -3.51. The fourth-order valence-electron chi connectivity index (χ4n) is 2.80. The number of carboxylic acid groups (broad SMARTS) is 1. The SMILES string of the molecule is O=C(O)/C(=C/c1ccc(Oc2ccccc2Br)cc1)NC(=O)c1c(C(F)(F)F)ccc(Cl)c1F. The van der Waals surface area contributed by atoms with Crippen molar-refractivity contribution in [1.82, 2.24) is 5.32 Å². The largest absolute Gasteiger partial charge is 0.477 e. The highest BCUT2D eigenvalue weighted by atomic mass is 79.9. The van der Waals surface area contributed by atoms with E-state index in [1.54, 1.807) is 24.3 Å². The summed E-state index contributed by atoms with van der Waals surface area (Å²) in [6.07, 6.45) is -4.08. The molecular formula is C23H13BrClF4NO4. The Hall–Kier alpha value is -3.37. The number of alkyl halides is 3. The molecule has 0 radical (unpaired) electrons. The molecule has 0 unspecified atom stereocenters. The predicted octanol–water partition coefficient (Wildman–Crippen LogP) is 6.91. The fraction of sp³-hybridized carbons (Fsp3) is 0.0435. The summed E-state index contributed by atoms with van der Waals surface area (Å²) in [5.74, 6) is -3.94. The third-order valence-corrected chi connectivity index (χ3v) is 5.31. The van der Waals surface area contributed by atoms with Gasteiger partial charge in [0, 0.05) is 0 Å². The van der Waals surface area contributed by atoms with Crippen molar-refractivity contribution in [2.24, 2.45) is 0 Å². The number of ether oxygens (including phenoxy) is 1. The lowest BCUT2D eigenvalue weighted by Gasteiger charge is -2.14. The summed E-state index contributed by atoms with van der Waals surface area (Å²) >= 11 is 8.86. The van der Waals surface area contributed by atoms with Crippen LogP contribution in [-0.2, 0) is 11.0 Å². The normalized spacial score (nSPS) is 11.8. The van der Waals surface area contributed by atoms with Crippen LogP contribution in [0.2, 0.25) is 5.02 Å². The van der Waals surface area contributed by atoms with E-state index in [0.29, 0.717) is 28.1 Å². The topological polar surface area (TPSA) is 75.6 Å². The molecular weight excluding hydrogens is 546 g/mol. The second-order valence-corrected chi connectivity index (χ2v) is 7.96. The van der Waals surface area contributed by atoms with E-state index in [1.807, 2.05) is 5.32 Å². The van der Waals surface area contributed by atoms with Crippen LogP contribution in [0.3, 0.4) is 0 Å². The lowest BCUT2D eigenvalue weighted by molar-refractivity contribution is -0.138. The number of rotatable bonds is 6. The Balaban J connectivity index is 1.87. The number of hydrogen-bond acceptors (Lipinski definition) is 3. The molecule has 34 heavy (non-hydrogen) atoms. The van der Waals surface area contributed by atoms with E-state index in [9.17, 15) is 32.3 Å². The van der Waals surface area contributed by atoms with E-state index in [4.69, 9.17) is 16.3 Å². The molecule has 0 aliphatic heterocycles. The van der Waals surface area contributed by atoms with Gasteiger partial charge in [-0.1, -0.05) is 35.9 Å². The van der Waals surface area contributed by atoms with Crippen molar-refractivity contribution in [1.29, 1.82) is 0 Å². The number of carbonyl (C=O) groups excluding carboxylic acids is 1. The van der Waals surface area contributed by atoms with E-state index in [1.165, 1.54) is 24.3 Å². The zero-order valence-corrected chi connectivity index (χ0v) is 19.1. The summed E-state index contributed by atoms with van der Waals surface area (Å²) in [7, 11) is 0. The first-order valence-electron chi connectivity index (χ1n) is 9.31. The molecule has 0 saturated carbocycles. The van der Waals surface area contributed by atoms with Gasteiger partial charge >= 0.3 is 12.1 Å². The molecule has 0 spiro atoms. The second-order valence-electron chi connectivity index (χ2n) is 6.70. The zero-order chi connectivity index (χ0) is 25.0. The summed E-state index contributed by atoms with van der Waals surface area (Å²) in [4.78, 5) is 24.0. The molecule has 1 amide bonds. The Morgan fingerprint density at radius 2 is 1.68 bits per heavy atom. The van der Waals surface area contributed by atoms with Gasteiger partial charge < -0.3 is 15.2 Å². The molecule has 0 aliphatic carbocycles. The maximum Gasteiger partial charge on any atom is 0.417 e. The zero-order valence-electron chi connectivity index (χ0n) is 16.8. The molecule has 3 rings (SSSR count). The van der Waals surface area contributed by atoms with Gasteiger partial charge in [-0.3, -0.25) is 4.79 Å². The second kappa shape index (κ2) is 10.3. The van der Waals surface area contributed by atoms with Crippen molar-refractivity contribution in [3.63, 3.8) is 0 Å². The molecule has 0 aliphatic rings. The number of hydrogen-bond donors (Lipinski definition) is 2. The van der Waals surface area contributed by atoms with E-state index in [0.717, 1.165) is 6.08 Å². The Labute approximate surface area is 203 Å². The highest BCUT2D eigenvalue weighted by molar-refractivity contribution is 9.10. The average Bonchev–Trinajstić information content (AvgIpc) is 2.77. The lowest BCUT2D eigenvalue weighted by atomic mass is 10.1. The molecule has 11 heteroatoms. The Bertz CT molecular complexity index is 1280. The minimum Gasteiger partial charge on any atom is -0.477 e. The van der Waals surface area contributed by atoms with Gasteiger partial charge in [-0.25, -0.2) is 9.18 Å². The van der Waals surface area contributed by atoms with Crippen molar-refractivity contribution in [2.75, 3.05) is 0 Å². The Morgan fingerprint density at radius 3 is 2.26 bits per heavy atom. The van der Waals surface area contributed by atoms with Crippen molar-refractivity contribution in [2.45, 2.75) is 6.18 Å². The number of halogens is 6. The fourth-order valence-corrected chi connectivity index (χ4v) is 3.32. The van der Waals surface area contributed by atoms with Crippen molar-refractivity contribution in [3.8, 4) is 11.5 Å². The molecule has 0 bridgehead atoms. The summed E-state index contributed by atoms with van der Waals surface area (Å²) in [5, 5.41) is 10.5. The van der Waals surface area contributed by atoms with E-state index >= 15 is 0 Å². The van der Waals surface area contributed by atoms with Crippen LogP contribution in [0.4, 0.5) is 17.6 Å². The highest BCUT2D eigenvalue weighted by Crippen LogP contribution is 2.35. The van der Waals surface area contributed by atoms with Gasteiger partial charge in [0.25, 0.3) is 5.91 Å². The van der Waals surface area contributed by atoms with Crippen LogP contribution in [0.25, 0.3) is 6.08 Å². The molecule has 0 aromatic heterocycles.